The summed E-state index contributed by atoms with van der Waals surface area (Å²) in [5.41, 5.74) is 9.40. The highest BCUT2D eigenvalue weighted by molar-refractivity contribution is 5.67. The minimum absolute atomic E-state index is 0.314. The fraction of sp³-hybridized carbons (Fsp3) is 0.333. The molecular formula is C18H21NO2. The summed E-state index contributed by atoms with van der Waals surface area (Å²) < 4.78 is 10.8. The van der Waals surface area contributed by atoms with E-state index < -0.39 is 0 Å². The first-order chi connectivity index (χ1) is 10.3. The quantitative estimate of drug-likeness (QED) is 0.904. The second-order valence-electron chi connectivity index (χ2n) is 5.37. The standard InChI is InChI=1S/C18H21NO2/c1-2-13(9-10-19)14-3-5-15(6-4-14)16-7-8-17-18(11-16)21-12-20-17/h3-8,11,13H,2,9-10,12,19H2,1H3. The third kappa shape index (κ3) is 2.88. The number of rotatable bonds is 5. The zero-order chi connectivity index (χ0) is 14.7. The van der Waals surface area contributed by atoms with Gasteiger partial charge in [-0.1, -0.05) is 37.3 Å². The van der Waals surface area contributed by atoms with Crippen LogP contribution in [0.5, 0.6) is 11.5 Å². The van der Waals surface area contributed by atoms with Crippen LogP contribution < -0.4 is 15.2 Å². The van der Waals surface area contributed by atoms with Gasteiger partial charge in [0.05, 0.1) is 0 Å². The predicted molar refractivity (Wildman–Crippen MR) is 84.7 cm³/mol. The van der Waals surface area contributed by atoms with Crippen molar-refractivity contribution >= 4 is 0 Å². The van der Waals surface area contributed by atoms with Gasteiger partial charge in [-0.25, -0.2) is 0 Å². The van der Waals surface area contributed by atoms with E-state index in [4.69, 9.17) is 15.2 Å². The number of hydrogen-bond acceptors (Lipinski definition) is 3. The van der Waals surface area contributed by atoms with Gasteiger partial charge in [-0.05, 0) is 54.1 Å². The lowest BCUT2D eigenvalue weighted by Crippen LogP contribution is -2.06. The summed E-state index contributed by atoms with van der Waals surface area (Å²) in [6.45, 7) is 3.27. The Kier molecular flexibility index (Phi) is 4.11. The molecule has 21 heavy (non-hydrogen) atoms. The Morgan fingerprint density at radius 3 is 2.43 bits per heavy atom. The van der Waals surface area contributed by atoms with Crippen LogP contribution in [0.3, 0.4) is 0 Å². The molecule has 2 aromatic rings. The van der Waals surface area contributed by atoms with Crippen LogP contribution >= 0.6 is 0 Å². The van der Waals surface area contributed by atoms with Crippen molar-refractivity contribution in [2.24, 2.45) is 5.73 Å². The minimum atomic E-state index is 0.314. The summed E-state index contributed by atoms with van der Waals surface area (Å²) in [5, 5.41) is 0. The number of nitrogens with two attached hydrogens (primary N) is 1. The van der Waals surface area contributed by atoms with Crippen LogP contribution in [0.1, 0.15) is 31.2 Å². The molecule has 1 aliphatic rings. The van der Waals surface area contributed by atoms with E-state index in [0.29, 0.717) is 12.7 Å². The van der Waals surface area contributed by atoms with E-state index in [2.05, 4.69) is 37.3 Å². The highest BCUT2D eigenvalue weighted by Crippen LogP contribution is 2.36. The maximum atomic E-state index is 5.69. The van der Waals surface area contributed by atoms with Crippen LogP contribution in [-0.2, 0) is 0 Å². The zero-order valence-electron chi connectivity index (χ0n) is 12.3. The van der Waals surface area contributed by atoms with Crippen molar-refractivity contribution < 1.29 is 9.47 Å². The topological polar surface area (TPSA) is 44.5 Å². The molecule has 0 saturated carbocycles. The molecule has 1 atom stereocenters. The van der Waals surface area contributed by atoms with E-state index in [1.807, 2.05) is 12.1 Å². The highest BCUT2D eigenvalue weighted by Gasteiger charge is 2.14. The normalized spacial score (nSPS) is 14.2. The predicted octanol–water partition coefficient (Wildman–Crippen LogP) is 3.92. The molecule has 0 saturated heterocycles. The molecule has 3 heteroatoms. The average Bonchev–Trinajstić information content (AvgIpc) is 3.00. The number of ether oxygens (including phenoxy) is 2. The van der Waals surface area contributed by atoms with Crippen LogP contribution in [0.2, 0.25) is 0 Å². The Balaban J connectivity index is 1.83. The second-order valence-corrected chi connectivity index (χ2v) is 5.37. The largest absolute Gasteiger partial charge is 0.454 e. The third-order valence-corrected chi connectivity index (χ3v) is 4.10. The van der Waals surface area contributed by atoms with Gasteiger partial charge >= 0.3 is 0 Å². The van der Waals surface area contributed by atoms with Gasteiger partial charge in [0.1, 0.15) is 0 Å². The fourth-order valence-electron chi connectivity index (χ4n) is 2.83. The summed E-state index contributed by atoms with van der Waals surface area (Å²) >= 11 is 0. The Morgan fingerprint density at radius 2 is 1.71 bits per heavy atom. The first-order valence-electron chi connectivity index (χ1n) is 7.52. The van der Waals surface area contributed by atoms with Crippen LogP contribution in [0.4, 0.5) is 0 Å². The van der Waals surface area contributed by atoms with Crippen molar-refractivity contribution in [3.05, 3.63) is 48.0 Å². The molecule has 0 spiro atoms. The monoisotopic (exact) mass is 283 g/mol. The average molecular weight is 283 g/mol. The van der Waals surface area contributed by atoms with Gasteiger partial charge in [0.15, 0.2) is 11.5 Å². The van der Waals surface area contributed by atoms with E-state index in [-0.39, 0.29) is 0 Å². The van der Waals surface area contributed by atoms with Gasteiger partial charge in [-0.15, -0.1) is 0 Å². The van der Waals surface area contributed by atoms with E-state index in [1.165, 1.54) is 11.1 Å². The first kappa shape index (κ1) is 14.0. The van der Waals surface area contributed by atoms with Gasteiger partial charge in [0.2, 0.25) is 6.79 Å². The molecule has 0 aromatic heterocycles. The molecule has 1 aliphatic heterocycles. The maximum absolute atomic E-state index is 5.69. The van der Waals surface area contributed by atoms with Crippen molar-refractivity contribution in [2.45, 2.75) is 25.7 Å². The molecule has 0 amide bonds. The summed E-state index contributed by atoms with van der Waals surface area (Å²) in [6.07, 6.45) is 2.17. The molecule has 0 aliphatic carbocycles. The SMILES string of the molecule is CCC(CCN)c1ccc(-c2ccc3c(c2)OCO3)cc1. The van der Waals surface area contributed by atoms with Crippen LogP contribution in [0.25, 0.3) is 11.1 Å². The summed E-state index contributed by atoms with van der Waals surface area (Å²) in [7, 11) is 0. The van der Waals surface area contributed by atoms with E-state index >= 15 is 0 Å². The van der Waals surface area contributed by atoms with Crippen molar-refractivity contribution in [1.82, 2.24) is 0 Å². The number of hydrogen-bond donors (Lipinski definition) is 1. The lowest BCUT2D eigenvalue weighted by molar-refractivity contribution is 0.174. The van der Waals surface area contributed by atoms with Gasteiger partial charge in [-0.2, -0.15) is 0 Å². The van der Waals surface area contributed by atoms with Crippen molar-refractivity contribution in [1.29, 1.82) is 0 Å². The number of benzene rings is 2. The molecule has 0 fully saturated rings. The van der Waals surface area contributed by atoms with Gasteiger partial charge in [-0.3, -0.25) is 0 Å². The summed E-state index contributed by atoms with van der Waals surface area (Å²) in [4.78, 5) is 0. The molecule has 110 valence electrons. The van der Waals surface area contributed by atoms with E-state index in [1.54, 1.807) is 0 Å². The van der Waals surface area contributed by atoms with Crippen LogP contribution in [-0.4, -0.2) is 13.3 Å². The molecule has 3 rings (SSSR count). The Bertz CT molecular complexity index is 607. The molecular weight excluding hydrogens is 262 g/mol. The van der Waals surface area contributed by atoms with Crippen LogP contribution in [0.15, 0.2) is 42.5 Å². The summed E-state index contributed by atoms with van der Waals surface area (Å²) in [6, 6.07) is 14.8. The Hall–Kier alpha value is -2.00. The van der Waals surface area contributed by atoms with Gasteiger partial charge in [0, 0.05) is 0 Å². The number of fused-ring (bicyclic) bond motifs is 1. The highest BCUT2D eigenvalue weighted by atomic mass is 16.7. The molecule has 3 nitrogen and oxygen atoms in total. The van der Waals surface area contributed by atoms with Crippen molar-refractivity contribution in [3.8, 4) is 22.6 Å². The first-order valence-corrected chi connectivity index (χ1v) is 7.52. The second kappa shape index (κ2) is 6.19. The Labute approximate surface area is 125 Å². The van der Waals surface area contributed by atoms with Crippen molar-refractivity contribution in [3.63, 3.8) is 0 Å². The molecule has 1 heterocycles. The lowest BCUT2D eigenvalue weighted by atomic mass is 9.92. The molecule has 0 radical (unpaired) electrons. The lowest BCUT2D eigenvalue weighted by Gasteiger charge is -2.14. The van der Waals surface area contributed by atoms with Gasteiger partial charge < -0.3 is 15.2 Å². The van der Waals surface area contributed by atoms with E-state index in [9.17, 15) is 0 Å². The van der Waals surface area contributed by atoms with E-state index in [0.717, 1.165) is 36.4 Å². The zero-order valence-corrected chi connectivity index (χ0v) is 12.3. The summed E-state index contributed by atoms with van der Waals surface area (Å²) in [5.74, 6) is 2.20. The van der Waals surface area contributed by atoms with Gasteiger partial charge in [0.25, 0.3) is 0 Å². The minimum Gasteiger partial charge on any atom is -0.454 e. The molecule has 2 aromatic carbocycles. The molecule has 0 bridgehead atoms. The Morgan fingerprint density at radius 1 is 1.00 bits per heavy atom. The smallest absolute Gasteiger partial charge is 0.231 e. The molecule has 1 unspecified atom stereocenters. The fourth-order valence-corrected chi connectivity index (χ4v) is 2.83. The van der Waals surface area contributed by atoms with Crippen molar-refractivity contribution in [2.75, 3.05) is 13.3 Å². The van der Waals surface area contributed by atoms with Crippen LogP contribution in [0, 0.1) is 0 Å². The third-order valence-electron chi connectivity index (χ3n) is 4.10. The maximum Gasteiger partial charge on any atom is 0.231 e. The molecule has 2 N–H and O–H groups in total.